The minimum atomic E-state index is -1.10. The number of halogens is 3. The zero-order valence-corrected chi connectivity index (χ0v) is 23.8. The van der Waals surface area contributed by atoms with E-state index in [0.717, 1.165) is 4.47 Å². The van der Waals surface area contributed by atoms with E-state index in [2.05, 4.69) is 31.2 Å². The second-order valence-electron chi connectivity index (χ2n) is 9.41. The van der Waals surface area contributed by atoms with Gasteiger partial charge in [0.05, 0.1) is 18.7 Å². The number of ether oxygens (including phenoxy) is 1. The molecule has 2 unspecified atom stereocenters. The van der Waals surface area contributed by atoms with Crippen molar-refractivity contribution in [2.45, 2.75) is 45.8 Å². The van der Waals surface area contributed by atoms with Gasteiger partial charge < -0.3 is 15.2 Å². The van der Waals surface area contributed by atoms with Crippen LogP contribution in [0.4, 0.5) is 8.78 Å². The maximum atomic E-state index is 14.8. The first-order chi connectivity index (χ1) is 18.0. The molecular weight excluding hydrogens is 582 g/mol. The summed E-state index contributed by atoms with van der Waals surface area (Å²) in [6.45, 7) is 6.20. The third kappa shape index (κ3) is 7.67. The van der Waals surface area contributed by atoms with Gasteiger partial charge in [-0.2, -0.15) is 0 Å². The fraction of sp³-hybridized carbons (Fsp3) is 0.462. The molecule has 206 valence electrons. The first-order valence-electron chi connectivity index (χ1n) is 12.1. The number of carboxylic acids is 1. The van der Waals surface area contributed by atoms with Gasteiger partial charge in [-0.15, -0.1) is 11.3 Å². The smallest absolute Gasteiger partial charge is 0.337 e. The Kier molecular flexibility index (Phi) is 10.5. The van der Waals surface area contributed by atoms with E-state index in [1.54, 1.807) is 25.3 Å². The van der Waals surface area contributed by atoms with Crippen LogP contribution in [0.25, 0.3) is 0 Å². The van der Waals surface area contributed by atoms with Gasteiger partial charge in [0.15, 0.2) is 10.8 Å². The van der Waals surface area contributed by atoms with Crippen molar-refractivity contribution in [1.82, 2.24) is 15.2 Å². The van der Waals surface area contributed by atoms with Gasteiger partial charge in [-0.3, -0.25) is 14.7 Å². The molecule has 1 aromatic heterocycles. The molecule has 2 aromatic rings. The maximum Gasteiger partial charge on any atom is 0.337 e. The molecule has 2 N–H and O–H groups in total. The highest BCUT2D eigenvalue weighted by atomic mass is 79.9. The fourth-order valence-corrected chi connectivity index (χ4v) is 5.38. The predicted molar refractivity (Wildman–Crippen MR) is 145 cm³/mol. The second kappa shape index (κ2) is 13.4. The van der Waals surface area contributed by atoms with Crippen molar-refractivity contribution >= 4 is 45.0 Å². The molecule has 2 aliphatic rings. The molecule has 0 aliphatic carbocycles. The topological polar surface area (TPSA) is 104 Å². The molecule has 0 radical (unpaired) electrons. The minimum absolute atomic E-state index is 0.0413. The SMILES string of the molecule is CCOC(=O)C1=C(CN2CC(F)C(C)(C)C2CCC(=O)O)NC(c2nccs2)=NC1.Fc1cccc(Br)c1. The number of aliphatic imine (C=N–C) groups is 1. The van der Waals surface area contributed by atoms with E-state index >= 15 is 0 Å². The Morgan fingerprint density at radius 1 is 1.37 bits per heavy atom. The van der Waals surface area contributed by atoms with Crippen LogP contribution in [0, 0.1) is 11.2 Å². The molecule has 3 heterocycles. The number of alkyl halides is 1. The lowest BCUT2D eigenvalue weighted by atomic mass is 9.81. The number of likely N-dealkylation sites (tertiary alicyclic amines) is 1. The highest BCUT2D eigenvalue weighted by Gasteiger charge is 2.48. The number of esters is 1. The first-order valence-corrected chi connectivity index (χ1v) is 13.8. The molecule has 1 fully saturated rings. The third-order valence-corrected chi connectivity index (χ3v) is 7.74. The number of hydrogen-bond acceptors (Lipinski definition) is 8. The van der Waals surface area contributed by atoms with E-state index < -0.39 is 23.5 Å². The van der Waals surface area contributed by atoms with E-state index in [1.165, 1.54) is 23.5 Å². The van der Waals surface area contributed by atoms with Crippen LogP contribution in [0.15, 0.2) is 56.6 Å². The monoisotopic (exact) mass is 612 g/mol. The minimum Gasteiger partial charge on any atom is -0.481 e. The zero-order valence-electron chi connectivity index (χ0n) is 21.4. The standard InChI is InChI=1S/C20H27FN4O4S.C6H4BrF/c1-4-29-19(28)12-9-23-17(18-22-7-8-30-18)24-13(12)10-25-11-14(21)20(2,3)15(25)5-6-16(26)27;7-5-2-1-3-6(8)4-5/h7-8,14-15H,4-6,9-11H2,1-3H3,(H,23,24)(H,26,27);1-4H. The Morgan fingerprint density at radius 3 is 2.71 bits per heavy atom. The van der Waals surface area contributed by atoms with Crippen molar-refractivity contribution in [2.75, 3.05) is 26.2 Å². The molecule has 38 heavy (non-hydrogen) atoms. The molecule has 0 bridgehead atoms. The number of carboxylic acid groups (broad SMARTS) is 1. The first kappa shape index (κ1) is 29.9. The van der Waals surface area contributed by atoms with Crippen LogP contribution in [-0.2, 0) is 14.3 Å². The Labute approximate surface area is 232 Å². The molecule has 0 amide bonds. The van der Waals surface area contributed by atoms with E-state index in [0.29, 0.717) is 28.5 Å². The fourth-order valence-electron chi connectivity index (χ4n) is 4.41. The van der Waals surface area contributed by atoms with Crippen molar-refractivity contribution in [3.05, 3.63) is 62.4 Å². The number of aliphatic carboxylic acids is 1. The van der Waals surface area contributed by atoms with Gasteiger partial charge in [0.2, 0.25) is 0 Å². The molecular formula is C26H31BrF2N4O4S. The molecule has 4 rings (SSSR count). The number of aromatic nitrogens is 1. The Balaban J connectivity index is 0.000000427. The van der Waals surface area contributed by atoms with Gasteiger partial charge in [0, 0.05) is 52.7 Å². The van der Waals surface area contributed by atoms with Crippen LogP contribution >= 0.6 is 27.3 Å². The van der Waals surface area contributed by atoms with Gasteiger partial charge >= 0.3 is 11.9 Å². The number of rotatable bonds is 8. The van der Waals surface area contributed by atoms with Crippen LogP contribution in [0.3, 0.4) is 0 Å². The van der Waals surface area contributed by atoms with Gasteiger partial charge in [-0.1, -0.05) is 35.8 Å². The average Bonchev–Trinajstić information content (AvgIpc) is 3.45. The number of benzene rings is 1. The van der Waals surface area contributed by atoms with E-state index in [4.69, 9.17) is 9.84 Å². The molecule has 2 aliphatic heterocycles. The lowest BCUT2D eigenvalue weighted by Crippen LogP contribution is -2.43. The summed E-state index contributed by atoms with van der Waals surface area (Å²) < 4.78 is 32.9. The lowest BCUT2D eigenvalue weighted by molar-refractivity contribution is -0.139. The summed E-state index contributed by atoms with van der Waals surface area (Å²) in [7, 11) is 0. The van der Waals surface area contributed by atoms with Gasteiger partial charge in [0.1, 0.15) is 12.0 Å². The van der Waals surface area contributed by atoms with Crippen LogP contribution < -0.4 is 5.32 Å². The number of carbonyl (C=O) groups excluding carboxylic acids is 1. The lowest BCUT2D eigenvalue weighted by Gasteiger charge is -2.34. The van der Waals surface area contributed by atoms with Crippen molar-refractivity contribution in [3.8, 4) is 0 Å². The summed E-state index contributed by atoms with van der Waals surface area (Å²) in [5.74, 6) is -1.02. The Hall–Kier alpha value is -2.70. The van der Waals surface area contributed by atoms with Crippen LogP contribution in [-0.4, -0.2) is 71.2 Å². The number of nitrogens with zero attached hydrogens (tertiary/aromatic N) is 3. The summed E-state index contributed by atoms with van der Waals surface area (Å²) in [6, 6.07) is 5.98. The van der Waals surface area contributed by atoms with E-state index in [-0.39, 0.29) is 44.5 Å². The van der Waals surface area contributed by atoms with Crippen LogP contribution in [0.1, 0.15) is 38.6 Å². The van der Waals surface area contributed by atoms with Crippen molar-refractivity contribution in [2.24, 2.45) is 10.4 Å². The highest BCUT2D eigenvalue weighted by molar-refractivity contribution is 9.10. The Morgan fingerprint density at radius 2 is 2.13 bits per heavy atom. The average molecular weight is 614 g/mol. The maximum absolute atomic E-state index is 14.8. The van der Waals surface area contributed by atoms with Gasteiger partial charge in [0.25, 0.3) is 0 Å². The number of thiazole rings is 1. The van der Waals surface area contributed by atoms with Crippen molar-refractivity contribution in [3.63, 3.8) is 0 Å². The Bertz CT molecular complexity index is 1170. The van der Waals surface area contributed by atoms with E-state index in [1.807, 2.05) is 24.1 Å². The third-order valence-electron chi connectivity index (χ3n) is 6.47. The van der Waals surface area contributed by atoms with Crippen LogP contribution in [0.5, 0.6) is 0 Å². The summed E-state index contributed by atoms with van der Waals surface area (Å²) >= 11 is 4.55. The van der Waals surface area contributed by atoms with Gasteiger partial charge in [-0.05, 0) is 31.5 Å². The second-order valence-corrected chi connectivity index (χ2v) is 11.2. The largest absolute Gasteiger partial charge is 0.481 e. The van der Waals surface area contributed by atoms with Crippen molar-refractivity contribution < 1.29 is 28.2 Å². The summed E-state index contributed by atoms with van der Waals surface area (Å²) in [5, 5.41) is 14.8. The number of hydrogen-bond donors (Lipinski definition) is 2. The summed E-state index contributed by atoms with van der Waals surface area (Å²) in [5.41, 5.74) is 0.300. The van der Waals surface area contributed by atoms with Gasteiger partial charge in [-0.25, -0.2) is 18.6 Å². The van der Waals surface area contributed by atoms with E-state index in [9.17, 15) is 18.4 Å². The number of carbonyl (C=O) groups is 2. The van der Waals surface area contributed by atoms with Crippen LogP contribution in [0.2, 0.25) is 0 Å². The molecule has 0 spiro atoms. The molecule has 12 heteroatoms. The molecule has 2 atom stereocenters. The van der Waals surface area contributed by atoms with Crippen molar-refractivity contribution in [1.29, 1.82) is 0 Å². The normalized spacial score (nSPS) is 20.7. The molecule has 1 aromatic carbocycles. The zero-order chi connectivity index (χ0) is 27.9. The number of amidine groups is 1. The predicted octanol–water partition coefficient (Wildman–Crippen LogP) is 4.81. The molecule has 8 nitrogen and oxygen atoms in total. The molecule has 1 saturated heterocycles. The molecule has 0 saturated carbocycles. The number of nitrogens with one attached hydrogen (secondary N) is 1. The highest BCUT2D eigenvalue weighted by Crippen LogP contribution is 2.41. The quantitative estimate of drug-likeness (QED) is 0.412. The summed E-state index contributed by atoms with van der Waals surface area (Å²) in [6.07, 6.45) is 0.865. The summed E-state index contributed by atoms with van der Waals surface area (Å²) in [4.78, 5) is 34.2.